The van der Waals surface area contributed by atoms with E-state index in [-0.39, 0.29) is 22.5 Å². The van der Waals surface area contributed by atoms with Crippen molar-refractivity contribution in [3.05, 3.63) is 70.2 Å². The largest absolute Gasteiger partial charge is 0.480 e. The second kappa shape index (κ2) is 10.9. The molecule has 2 aromatic carbocycles. The average molecular weight is 512 g/mol. The molecular weight excluding hydrogens is 486 g/mol. The quantitative estimate of drug-likeness (QED) is 0.379. The van der Waals surface area contributed by atoms with Gasteiger partial charge in [0.1, 0.15) is 17.5 Å². The van der Waals surface area contributed by atoms with E-state index < -0.39 is 24.0 Å². The van der Waals surface area contributed by atoms with Gasteiger partial charge in [-0.3, -0.25) is 10.1 Å². The number of fused-ring (bicyclic) bond motifs is 3. The number of hydrogen-bond acceptors (Lipinski definition) is 7. The smallest absolute Gasteiger partial charge is 0.413 e. The number of aromatic nitrogens is 1. The number of benzene rings is 2. The van der Waals surface area contributed by atoms with Crippen LogP contribution in [0.4, 0.5) is 9.93 Å². The fourth-order valence-electron chi connectivity index (χ4n) is 4.10. The number of carbonyl (C=O) groups excluding carboxylic acids is 2. The Hall–Kier alpha value is -3.37. The van der Waals surface area contributed by atoms with E-state index in [2.05, 4.69) is 27.8 Å². The predicted octanol–water partition coefficient (Wildman–Crippen LogP) is 4.75. The summed E-state index contributed by atoms with van der Waals surface area (Å²) in [4.78, 5) is 41.1. The second-order valence-electron chi connectivity index (χ2n) is 8.03. The SMILES string of the molecule is CSCCC(NC(=O)c1sc(NC(=O)OCC2c3ccccc3-c3ccccc32)nc1C)C(=O)O. The van der Waals surface area contributed by atoms with E-state index in [1.165, 1.54) is 11.8 Å². The van der Waals surface area contributed by atoms with Crippen LogP contribution in [0.15, 0.2) is 48.5 Å². The minimum atomic E-state index is -1.09. The van der Waals surface area contributed by atoms with Gasteiger partial charge in [0.2, 0.25) is 0 Å². The van der Waals surface area contributed by atoms with Gasteiger partial charge < -0.3 is 15.2 Å². The molecule has 1 unspecified atom stereocenters. The maximum absolute atomic E-state index is 12.6. The number of thiazole rings is 1. The summed E-state index contributed by atoms with van der Waals surface area (Å²) >= 11 is 2.48. The summed E-state index contributed by atoms with van der Waals surface area (Å²) < 4.78 is 5.53. The van der Waals surface area contributed by atoms with Crippen LogP contribution >= 0.6 is 23.1 Å². The monoisotopic (exact) mass is 511 g/mol. The third-order valence-corrected chi connectivity index (χ3v) is 7.49. The standard InChI is InChI=1S/C25H25N3O5S2/c1-14-21(22(29)27-20(23(30)31)11-12-34-2)35-24(26-14)28-25(32)33-13-19-17-9-5-3-7-15(17)16-8-4-6-10-18(16)19/h3-10,19-20H,11-13H2,1-2H3,(H,27,29)(H,30,31)(H,26,28,32). The first-order chi connectivity index (χ1) is 16.9. The summed E-state index contributed by atoms with van der Waals surface area (Å²) in [7, 11) is 0. The van der Waals surface area contributed by atoms with Crippen LogP contribution in [0.1, 0.15) is 38.8 Å². The first-order valence-electron chi connectivity index (χ1n) is 11.0. The maximum atomic E-state index is 12.6. The van der Waals surface area contributed by atoms with E-state index in [4.69, 9.17) is 4.74 Å². The average Bonchev–Trinajstić information content (AvgIpc) is 3.37. The molecular formula is C25H25N3O5S2. The predicted molar refractivity (Wildman–Crippen MR) is 137 cm³/mol. The molecule has 0 saturated heterocycles. The summed E-state index contributed by atoms with van der Waals surface area (Å²) in [6, 6.07) is 15.1. The summed E-state index contributed by atoms with van der Waals surface area (Å²) in [5.74, 6) is -1.09. The Bertz CT molecular complexity index is 1210. The van der Waals surface area contributed by atoms with Gasteiger partial charge >= 0.3 is 12.1 Å². The number of rotatable bonds is 9. The number of carboxylic acids is 1. The topological polar surface area (TPSA) is 118 Å². The number of nitrogens with zero attached hydrogens (tertiary/aromatic N) is 1. The number of thioether (sulfide) groups is 1. The Morgan fingerprint density at radius 3 is 2.34 bits per heavy atom. The number of ether oxygens (including phenoxy) is 1. The van der Waals surface area contributed by atoms with Gasteiger partial charge in [-0.2, -0.15) is 11.8 Å². The maximum Gasteiger partial charge on any atom is 0.413 e. The zero-order valence-corrected chi connectivity index (χ0v) is 20.9. The van der Waals surface area contributed by atoms with Crippen LogP contribution in [0, 0.1) is 6.92 Å². The highest BCUT2D eigenvalue weighted by molar-refractivity contribution is 7.98. The van der Waals surface area contributed by atoms with Gasteiger partial charge in [-0.05, 0) is 47.6 Å². The molecule has 0 fully saturated rings. The molecule has 182 valence electrons. The van der Waals surface area contributed by atoms with Crippen molar-refractivity contribution >= 4 is 46.2 Å². The van der Waals surface area contributed by atoms with Gasteiger partial charge in [-0.1, -0.05) is 59.9 Å². The highest BCUT2D eigenvalue weighted by Gasteiger charge is 2.29. The third-order valence-electron chi connectivity index (χ3n) is 5.77. The number of carbonyl (C=O) groups is 3. The summed E-state index contributed by atoms with van der Waals surface area (Å²) in [5, 5.41) is 14.7. The highest BCUT2D eigenvalue weighted by Crippen LogP contribution is 2.44. The molecule has 1 aromatic heterocycles. The molecule has 1 aliphatic rings. The van der Waals surface area contributed by atoms with Gasteiger partial charge in [-0.25, -0.2) is 14.6 Å². The number of aliphatic carboxylic acids is 1. The molecule has 0 saturated carbocycles. The lowest BCUT2D eigenvalue weighted by molar-refractivity contribution is -0.139. The van der Waals surface area contributed by atoms with Gasteiger partial charge in [-0.15, -0.1) is 0 Å². The molecule has 1 heterocycles. The van der Waals surface area contributed by atoms with Gasteiger partial charge in [0.25, 0.3) is 5.91 Å². The van der Waals surface area contributed by atoms with Crippen LogP contribution in [0.2, 0.25) is 0 Å². The normalized spacial score (nSPS) is 13.0. The van der Waals surface area contributed by atoms with Crippen molar-refractivity contribution in [1.82, 2.24) is 10.3 Å². The Kier molecular flexibility index (Phi) is 7.72. The molecule has 4 rings (SSSR count). The number of amides is 2. The first kappa shape index (κ1) is 24.7. The van der Waals surface area contributed by atoms with Crippen molar-refractivity contribution in [1.29, 1.82) is 0 Å². The fourth-order valence-corrected chi connectivity index (χ4v) is 5.43. The van der Waals surface area contributed by atoms with Gasteiger partial charge in [0.15, 0.2) is 5.13 Å². The van der Waals surface area contributed by atoms with Crippen LogP contribution in [-0.4, -0.2) is 52.7 Å². The number of hydrogen-bond donors (Lipinski definition) is 3. The molecule has 35 heavy (non-hydrogen) atoms. The molecule has 2 amide bonds. The van der Waals surface area contributed by atoms with Crippen LogP contribution in [-0.2, 0) is 9.53 Å². The lowest BCUT2D eigenvalue weighted by Gasteiger charge is -2.14. The minimum absolute atomic E-state index is 0.0678. The second-order valence-corrected chi connectivity index (χ2v) is 10.0. The lowest BCUT2D eigenvalue weighted by atomic mass is 9.98. The highest BCUT2D eigenvalue weighted by atomic mass is 32.2. The Labute approximate surface area is 211 Å². The van der Waals surface area contributed by atoms with Gasteiger partial charge in [0.05, 0.1) is 5.69 Å². The molecule has 1 atom stereocenters. The summed E-state index contributed by atoms with van der Waals surface area (Å²) in [5.41, 5.74) is 4.90. The van der Waals surface area contributed by atoms with Crippen molar-refractivity contribution in [2.75, 3.05) is 23.9 Å². The van der Waals surface area contributed by atoms with E-state index in [0.717, 1.165) is 33.6 Å². The van der Waals surface area contributed by atoms with Crippen molar-refractivity contribution in [2.45, 2.75) is 25.3 Å². The van der Waals surface area contributed by atoms with Crippen molar-refractivity contribution < 1.29 is 24.2 Å². The Morgan fingerprint density at radius 1 is 1.11 bits per heavy atom. The van der Waals surface area contributed by atoms with Crippen molar-refractivity contribution in [3.8, 4) is 11.1 Å². The molecule has 0 radical (unpaired) electrons. The van der Waals surface area contributed by atoms with E-state index >= 15 is 0 Å². The third kappa shape index (κ3) is 5.49. The van der Waals surface area contributed by atoms with Gasteiger partial charge in [0, 0.05) is 5.92 Å². The van der Waals surface area contributed by atoms with Crippen LogP contribution in [0.25, 0.3) is 11.1 Å². The summed E-state index contributed by atoms with van der Waals surface area (Å²) in [6.07, 6.45) is 1.51. The fraction of sp³-hybridized carbons (Fsp3) is 0.280. The zero-order chi connectivity index (χ0) is 24.9. The number of aryl methyl sites for hydroxylation is 1. The van der Waals surface area contributed by atoms with Crippen molar-refractivity contribution in [2.24, 2.45) is 0 Å². The van der Waals surface area contributed by atoms with Crippen LogP contribution in [0.5, 0.6) is 0 Å². The molecule has 10 heteroatoms. The van der Waals surface area contributed by atoms with Crippen LogP contribution in [0.3, 0.4) is 0 Å². The molecule has 0 aliphatic heterocycles. The van der Waals surface area contributed by atoms with E-state index in [1.807, 2.05) is 42.7 Å². The minimum Gasteiger partial charge on any atom is -0.480 e. The van der Waals surface area contributed by atoms with E-state index in [1.54, 1.807) is 6.92 Å². The molecule has 0 bridgehead atoms. The molecule has 3 N–H and O–H groups in total. The first-order valence-corrected chi connectivity index (χ1v) is 13.2. The Morgan fingerprint density at radius 2 is 1.74 bits per heavy atom. The van der Waals surface area contributed by atoms with E-state index in [9.17, 15) is 19.5 Å². The molecule has 8 nitrogen and oxygen atoms in total. The number of nitrogens with one attached hydrogen (secondary N) is 2. The van der Waals surface area contributed by atoms with E-state index in [0.29, 0.717) is 17.9 Å². The summed E-state index contributed by atoms with van der Waals surface area (Å²) in [6.45, 7) is 1.79. The number of carboxylic acid groups (broad SMARTS) is 1. The molecule has 0 spiro atoms. The van der Waals surface area contributed by atoms with Crippen molar-refractivity contribution in [3.63, 3.8) is 0 Å². The van der Waals surface area contributed by atoms with Crippen LogP contribution < -0.4 is 10.6 Å². The number of anilines is 1. The Balaban J connectivity index is 1.39. The molecule has 3 aromatic rings. The zero-order valence-electron chi connectivity index (χ0n) is 19.2. The molecule has 1 aliphatic carbocycles. The lowest BCUT2D eigenvalue weighted by Crippen LogP contribution is -2.41.